The van der Waals surface area contributed by atoms with E-state index in [0.717, 1.165) is 6.42 Å². The lowest BCUT2D eigenvalue weighted by atomic mass is 9.98. The third-order valence-corrected chi connectivity index (χ3v) is 5.62. The molecule has 4 nitrogen and oxygen atoms in total. The van der Waals surface area contributed by atoms with Crippen LogP contribution in [0.15, 0.2) is 46.0 Å². The number of aromatic amines is 2. The molecule has 1 aliphatic carbocycles. The quantitative estimate of drug-likeness (QED) is 0.432. The molecule has 2 heterocycles. The first kappa shape index (κ1) is 15.7. The van der Waals surface area contributed by atoms with Crippen LogP contribution in [0.3, 0.4) is 0 Å². The van der Waals surface area contributed by atoms with Crippen LogP contribution >= 0.6 is 23.2 Å². The fourth-order valence-electron chi connectivity index (χ4n) is 3.68. The minimum absolute atomic E-state index is 0.0537. The molecule has 1 aliphatic rings. The van der Waals surface area contributed by atoms with Crippen LogP contribution in [0.2, 0.25) is 5.02 Å². The van der Waals surface area contributed by atoms with Crippen molar-refractivity contribution in [3.63, 3.8) is 0 Å². The number of nitrogens with one attached hydrogen (secondary N) is 2. The minimum Gasteiger partial charge on any atom is -0.353 e. The third kappa shape index (κ3) is 2.09. The molecule has 0 aliphatic heterocycles. The highest BCUT2D eigenvalue weighted by molar-refractivity contribution is 6.48. The topological polar surface area (TPSA) is 65.7 Å². The molecule has 0 radical (unpaired) electrons. The minimum atomic E-state index is -0.127. The van der Waals surface area contributed by atoms with Crippen LogP contribution in [0.4, 0.5) is 0 Å². The summed E-state index contributed by atoms with van der Waals surface area (Å²) in [5.74, 6) is 0. The molecule has 26 heavy (non-hydrogen) atoms. The first-order valence-electron chi connectivity index (χ1n) is 8.24. The van der Waals surface area contributed by atoms with Gasteiger partial charge in [0.2, 0.25) is 0 Å². The van der Waals surface area contributed by atoms with Gasteiger partial charge >= 0.3 is 0 Å². The fraction of sp³-hybridized carbons (Fsp3) is 0.100. The molecule has 0 saturated carbocycles. The maximum Gasteiger partial charge on any atom is 0.197 e. The van der Waals surface area contributed by atoms with Crippen LogP contribution < -0.4 is 10.9 Å². The Morgan fingerprint density at radius 1 is 0.885 bits per heavy atom. The van der Waals surface area contributed by atoms with E-state index in [2.05, 4.69) is 9.97 Å². The zero-order valence-corrected chi connectivity index (χ0v) is 15.0. The number of hydrogen-bond donors (Lipinski definition) is 2. The molecule has 0 atom stereocenters. The molecule has 0 amide bonds. The average molecular weight is 383 g/mol. The number of allylic oxidation sites excluding steroid dienone is 1. The van der Waals surface area contributed by atoms with Crippen molar-refractivity contribution >= 4 is 60.9 Å². The summed E-state index contributed by atoms with van der Waals surface area (Å²) in [5.41, 5.74) is 2.92. The monoisotopic (exact) mass is 382 g/mol. The van der Waals surface area contributed by atoms with Gasteiger partial charge in [-0.3, -0.25) is 9.59 Å². The van der Waals surface area contributed by atoms with E-state index in [-0.39, 0.29) is 10.9 Å². The van der Waals surface area contributed by atoms with Gasteiger partial charge in [0.1, 0.15) is 0 Å². The number of halogens is 2. The van der Waals surface area contributed by atoms with E-state index in [0.29, 0.717) is 60.4 Å². The van der Waals surface area contributed by atoms with E-state index >= 15 is 0 Å². The number of fused-ring (bicyclic) bond motifs is 4. The second-order valence-electron chi connectivity index (χ2n) is 6.46. The summed E-state index contributed by atoms with van der Waals surface area (Å²) in [6.45, 7) is 0. The van der Waals surface area contributed by atoms with E-state index < -0.39 is 0 Å². The number of para-hydroxylation sites is 1. The molecule has 2 N–H and O–H groups in total. The van der Waals surface area contributed by atoms with Gasteiger partial charge in [0, 0.05) is 21.7 Å². The average Bonchev–Trinajstić information content (AvgIpc) is 2.63. The Kier molecular flexibility index (Phi) is 3.30. The Morgan fingerprint density at radius 3 is 2.42 bits per heavy atom. The van der Waals surface area contributed by atoms with Gasteiger partial charge in [0.15, 0.2) is 10.9 Å². The van der Waals surface area contributed by atoms with Gasteiger partial charge in [-0.2, -0.15) is 0 Å². The van der Waals surface area contributed by atoms with Crippen LogP contribution in [0.1, 0.15) is 17.7 Å². The highest BCUT2D eigenvalue weighted by Gasteiger charge is 2.18. The summed E-state index contributed by atoms with van der Waals surface area (Å²) in [6.07, 6.45) is 3.29. The molecular weight excluding hydrogens is 371 g/mol. The molecule has 2 aromatic carbocycles. The summed E-state index contributed by atoms with van der Waals surface area (Å²) in [6, 6.07) is 8.64. The summed E-state index contributed by atoms with van der Waals surface area (Å²) in [7, 11) is 0. The second kappa shape index (κ2) is 5.47. The van der Waals surface area contributed by atoms with E-state index in [1.165, 1.54) is 0 Å². The number of H-pyrrole nitrogens is 2. The van der Waals surface area contributed by atoms with Crippen molar-refractivity contribution in [1.82, 2.24) is 9.97 Å². The molecule has 0 bridgehead atoms. The molecule has 2 aromatic heterocycles. The van der Waals surface area contributed by atoms with Crippen LogP contribution in [-0.4, -0.2) is 9.97 Å². The molecule has 0 unspecified atom stereocenters. The first-order valence-corrected chi connectivity index (χ1v) is 8.99. The van der Waals surface area contributed by atoms with Crippen LogP contribution in [0, 0.1) is 0 Å². The van der Waals surface area contributed by atoms with E-state index in [1.807, 2.05) is 6.08 Å². The van der Waals surface area contributed by atoms with Crippen LogP contribution in [-0.2, 0) is 6.42 Å². The number of pyridine rings is 2. The van der Waals surface area contributed by atoms with Gasteiger partial charge in [-0.25, -0.2) is 0 Å². The highest BCUT2D eigenvalue weighted by atomic mass is 35.5. The summed E-state index contributed by atoms with van der Waals surface area (Å²) in [4.78, 5) is 32.3. The molecule has 0 spiro atoms. The largest absolute Gasteiger partial charge is 0.353 e. The van der Waals surface area contributed by atoms with E-state index in [1.54, 1.807) is 30.3 Å². The Balaban J connectivity index is 1.98. The summed E-state index contributed by atoms with van der Waals surface area (Å²) < 4.78 is 0. The zero-order valence-electron chi connectivity index (χ0n) is 13.5. The normalized spacial score (nSPS) is 14.0. The number of rotatable bonds is 0. The Hall–Kier alpha value is -2.56. The fourth-order valence-corrected chi connectivity index (χ4v) is 4.17. The number of hydrogen-bond acceptors (Lipinski definition) is 2. The Bertz CT molecular complexity index is 1400. The number of aromatic nitrogens is 2. The predicted molar refractivity (Wildman–Crippen MR) is 107 cm³/mol. The zero-order chi connectivity index (χ0) is 18.0. The van der Waals surface area contributed by atoms with Crippen LogP contribution in [0.5, 0.6) is 0 Å². The molecule has 0 fully saturated rings. The van der Waals surface area contributed by atoms with Gasteiger partial charge in [-0.15, -0.1) is 0 Å². The molecule has 6 heteroatoms. The van der Waals surface area contributed by atoms with Crippen LogP contribution in [0.25, 0.3) is 37.7 Å². The third-order valence-electron chi connectivity index (χ3n) is 4.96. The van der Waals surface area contributed by atoms with Crippen molar-refractivity contribution in [1.29, 1.82) is 0 Å². The van der Waals surface area contributed by atoms with Gasteiger partial charge in [-0.05, 0) is 37.1 Å². The molecule has 4 aromatic rings. The van der Waals surface area contributed by atoms with Crippen molar-refractivity contribution in [2.75, 3.05) is 0 Å². The number of benzene rings is 2. The lowest BCUT2D eigenvalue weighted by molar-refractivity contribution is 0.958. The van der Waals surface area contributed by atoms with Gasteiger partial charge < -0.3 is 9.97 Å². The first-order chi connectivity index (χ1) is 12.5. The molecule has 5 rings (SSSR count). The highest BCUT2D eigenvalue weighted by Crippen LogP contribution is 2.29. The van der Waals surface area contributed by atoms with Crippen molar-refractivity contribution in [2.24, 2.45) is 0 Å². The van der Waals surface area contributed by atoms with Crippen molar-refractivity contribution in [3.8, 4) is 0 Å². The Morgan fingerprint density at radius 2 is 1.62 bits per heavy atom. The van der Waals surface area contributed by atoms with E-state index in [4.69, 9.17) is 23.2 Å². The maximum absolute atomic E-state index is 13.0. The molecule has 0 saturated heterocycles. The standard InChI is InChI=1S/C20H12Cl2N2O2/c21-13-5-1-3-9-17(13)23-15-8-12-16(7-11(15)19(9)25)24-18-10(20(12)26)4-2-6-14(18)22/h1,3,5-8H,2,4H2,(H,23,25)(H,24,26). The van der Waals surface area contributed by atoms with Crippen molar-refractivity contribution in [2.45, 2.75) is 12.8 Å². The summed E-state index contributed by atoms with van der Waals surface area (Å²) >= 11 is 12.5. The van der Waals surface area contributed by atoms with Crippen molar-refractivity contribution < 1.29 is 0 Å². The lowest BCUT2D eigenvalue weighted by Gasteiger charge is -2.15. The molecular formula is C20H12Cl2N2O2. The smallest absolute Gasteiger partial charge is 0.197 e. The van der Waals surface area contributed by atoms with Crippen molar-refractivity contribution in [3.05, 3.63) is 73.1 Å². The van der Waals surface area contributed by atoms with E-state index in [9.17, 15) is 9.59 Å². The maximum atomic E-state index is 13.0. The predicted octanol–water partition coefficient (Wildman–Crippen LogP) is 4.70. The van der Waals surface area contributed by atoms with Gasteiger partial charge in [-0.1, -0.05) is 35.3 Å². The van der Waals surface area contributed by atoms with Gasteiger partial charge in [0.05, 0.1) is 32.3 Å². The SMILES string of the molecule is O=c1c2c([nH]c3cc4c(=O)c5cccc(Cl)c5[nH]c4cc13)C(Cl)=CCC2. The lowest BCUT2D eigenvalue weighted by Crippen LogP contribution is -2.16. The summed E-state index contributed by atoms with van der Waals surface area (Å²) in [5, 5.41) is 2.56. The van der Waals surface area contributed by atoms with Gasteiger partial charge in [0.25, 0.3) is 0 Å². The second-order valence-corrected chi connectivity index (χ2v) is 7.27. The Labute approximate surface area is 157 Å². The molecule has 128 valence electrons.